The van der Waals surface area contributed by atoms with Gasteiger partial charge in [0.15, 0.2) is 0 Å². The van der Waals surface area contributed by atoms with Crippen molar-refractivity contribution in [1.29, 1.82) is 0 Å². The van der Waals surface area contributed by atoms with Crippen molar-refractivity contribution in [3.05, 3.63) is 24.2 Å². The second-order valence-corrected chi connectivity index (χ2v) is 3.85. The summed E-state index contributed by atoms with van der Waals surface area (Å²) in [6.07, 6.45) is 6.45. The van der Waals surface area contributed by atoms with Gasteiger partial charge in [-0.2, -0.15) is 0 Å². The van der Waals surface area contributed by atoms with Crippen LogP contribution in [-0.4, -0.2) is 25.0 Å². The van der Waals surface area contributed by atoms with E-state index < -0.39 is 0 Å². The number of amides is 1. The van der Waals surface area contributed by atoms with E-state index in [-0.39, 0.29) is 5.91 Å². The molecule has 1 atom stereocenters. The highest BCUT2D eigenvalue weighted by Gasteiger charge is 2.14. The zero-order valence-corrected chi connectivity index (χ0v) is 8.66. The van der Waals surface area contributed by atoms with E-state index in [9.17, 15) is 4.79 Å². The lowest BCUT2D eigenvalue weighted by molar-refractivity contribution is 0.0951. The van der Waals surface area contributed by atoms with E-state index in [0.29, 0.717) is 11.6 Å². The molecule has 1 saturated heterocycles. The first kappa shape index (κ1) is 10.2. The maximum atomic E-state index is 11.5. The molecule has 0 radical (unpaired) electrons. The zero-order chi connectivity index (χ0) is 10.5. The third-order valence-corrected chi connectivity index (χ3v) is 2.72. The lowest BCUT2D eigenvalue weighted by Crippen LogP contribution is -2.30. The van der Waals surface area contributed by atoms with Crippen molar-refractivity contribution in [2.75, 3.05) is 13.1 Å². The molecule has 2 rings (SSSR count). The Morgan fingerprint density at radius 2 is 2.60 bits per heavy atom. The predicted molar refractivity (Wildman–Crippen MR) is 56.7 cm³/mol. The molecular formula is C11H16N2O2. The van der Waals surface area contributed by atoms with Crippen LogP contribution in [0.3, 0.4) is 0 Å². The smallest absolute Gasteiger partial charge is 0.254 e. The summed E-state index contributed by atoms with van der Waals surface area (Å²) < 4.78 is 4.84. The van der Waals surface area contributed by atoms with Gasteiger partial charge in [0.1, 0.15) is 6.26 Å². The monoisotopic (exact) mass is 208 g/mol. The summed E-state index contributed by atoms with van der Waals surface area (Å²) in [6.45, 7) is 1.84. The summed E-state index contributed by atoms with van der Waals surface area (Å²) in [4.78, 5) is 11.5. The van der Waals surface area contributed by atoms with Gasteiger partial charge in [0.05, 0.1) is 11.8 Å². The second kappa shape index (κ2) is 4.98. The van der Waals surface area contributed by atoms with Crippen LogP contribution in [0, 0.1) is 0 Å². The van der Waals surface area contributed by atoms with Gasteiger partial charge < -0.3 is 15.1 Å². The third-order valence-electron chi connectivity index (χ3n) is 2.72. The first-order valence-corrected chi connectivity index (χ1v) is 5.40. The Balaban J connectivity index is 1.67. The van der Waals surface area contributed by atoms with E-state index in [1.807, 2.05) is 0 Å². The molecular weight excluding hydrogens is 192 g/mol. The Hall–Kier alpha value is -1.29. The molecule has 1 amide bonds. The van der Waals surface area contributed by atoms with Crippen molar-refractivity contribution in [2.45, 2.75) is 25.3 Å². The topological polar surface area (TPSA) is 54.3 Å². The molecule has 0 aromatic carbocycles. The average molecular weight is 208 g/mol. The fraction of sp³-hybridized carbons (Fsp3) is 0.545. The van der Waals surface area contributed by atoms with Crippen LogP contribution in [0.2, 0.25) is 0 Å². The summed E-state index contributed by atoms with van der Waals surface area (Å²) in [5, 5.41) is 6.27. The highest BCUT2D eigenvalue weighted by atomic mass is 16.3. The van der Waals surface area contributed by atoms with Crippen LogP contribution in [0.5, 0.6) is 0 Å². The molecule has 0 aliphatic carbocycles. The Morgan fingerprint density at radius 1 is 1.67 bits per heavy atom. The molecule has 1 aliphatic rings. The van der Waals surface area contributed by atoms with Crippen molar-refractivity contribution in [3.8, 4) is 0 Å². The van der Waals surface area contributed by atoms with E-state index in [0.717, 1.165) is 19.5 Å². The van der Waals surface area contributed by atoms with Gasteiger partial charge in [-0.15, -0.1) is 0 Å². The highest BCUT2D eigenvalue weighted by molar-refractivity contribution is 5.93. The van der Waals surface area contributed by atoms with Gasteiger partial charge in [-0.05, 0) is 31.9 Å². The standard InChI is InChI=1S/C11H16N2O2/c14-11(9-4-7-15-8-9)13-6-3-10-2-1-5-12-10/h4,7-8,10,12H,1-3,5-6H2,(H,13,14)/t10-/m1/s1. The fourth-order valence-corrected chi connectivity index (χ4v) is 1.86. The van der Waals surface area contributed by atoms with Crippen molar-refractivity contribution >= 4 is 5.91 Å². The molecule has 15 heavy (non-hydrogen) atoms. The normalized spacial score (nSPS) is 20.4. The first-order chi connectivity index (χ1) is 7.36. The summed E-state index contributed by atoms with van der Waals surface area (Å²) >= 11 is 0. The second-order valence-electron chi connectivity index (χ2n) is 3.85. The van der Waals surface area contributed by atoms with Crippen molar-refractivity contribution < 1.29 is 9.21 Å². The molecule has 0 saturated carbocycles. The van der Waals surface area contributed by atoms with Crippen molar-refractivity contribution in [2.24, 2.45) is 0 Å². The van der Waals surface area contributed by atoms with E-state index in [4.69, 9.17) is 4.42 Å². The van der Waals surface area contributed by atoms with Crippen molar-refractivity contribution in [1.82, 2.24) is 10.6 Å². The maximum absolute atomic E-state index is 11.5. The van der Waals surface area contributed by atoms with Crippen LogP contribution in [0.15, 0.2) is 23.0 Å². The van der Waals surface area contributed by atoms with Crippen LogP contribution in [-0.2, 0) is 0 Å². The number of hydrogen-bond acceptors (Lipinski definition) is 3. The quantitative estimate of drug-likeness (QED) is 0.780. The Labute approximate surface area is 89.0 Å². The molecule has 2 N–H and O–H groups in total. The average Bonchev–Trinajstić information content (AvgIpc) is 2.90. The van der Waals surface area contributed by atoms with E-state index >= 15 is 0 Å². The number of carbonyl (C=O) groups is 1. The summed E-state index contributed by atoms with van der Waals surface area (Å²) in [7, 11) is 0. The summed E-state index contributed by atoms with van der Waals surface area (Å²) in [6, 6.07) is 2.25. The SMILES string of the molecule is O=C(NCC[C@H]1CCCN1)c1ccoc1. The van der Waals surface area contributed by atoms with E-state index in [2.05, 4.69) is 10.6 Å². The molecule has 1 fully saturated rings. The molecule has 2 heterocycles. The fourth-order valence-electron chi connectivity index (χ4n) is 1.86. The van der Waals surface area contributed by atoms with Crippen molar-refractivity contribution in [3.63, 3.8) is 0 Å². The van der Waals surface area contributed by atoms with E-state index in [1.165, 1.54) is 25.4 Å². The molecule has 0 spiro atoms. The molecule has 0 bridgehead atoms. The minimum absolute atomic E-state index is 0.0539. The lowest BCUT2D eigenvalue weighted by Gasteiger charge is -2.09. The van der Waals surface area contributed by atoms with Gasteiger partial charge in [-0.3, -0.25) is 4.79 Å². The predicted octanol–water partition coefficient (Wildman–Crippen LogP) is 1.15. The highest BCUT2D eigenvalue weighted by Crippen LogP contribution is 2.07. The van der Waals surface area contributed by atoms with Crippen LogP contribution < -0.4 is 10.6 Å². The van der Waals surface area contributed by atoms with Crippen LogP contribution >= 0.6 is 0 Å². The van der Waals surface area contributed by atoms with Crippen LogP contribution in [0.25, 0.3) is 0 Å². The lowest BCUT2D eigenvalue weighted by atomic mass is 10.1. The Bertz CT molecular complexity index is 302. The summed E-state index contributed by atoms with van der Waals surface area (Å²) in [5.74, 6) is -0.0539. The number of rotatable bonds is 4. The number of nitrogens with one attached hydrogen (secondary N) is 2. The number of furan rings is 1. The molecule has 1 aliphatic heterocycles. The molecule has 82 valence electrons. The minimum Gasteiger partial charge on any atom is -0.472 e. The molecule has 1 aromatic rings. The third kappa shape index (κ3) is 2.83. The summed E-state index contributed by atoms with van der Waals surface area (Å²) in [5.41, 5.74) is 0.592. The number of carbonyl (C=O) groups excluding carboxylic acids is 1. The van der Waals surface area contributed by atoms with Gasteiger partial charge in [-0.25, -0.2) is 0 Å². The largest absolute Gasteiger partial charge is 0.472 e. The maximum Gasteiger partial charge on any atom is 0.254 e. The zero-order valence-electron chi connectivity index (χ0n) is 8.66. The van der Waals surface area contributed by atoms with Crippen LogP contribution in [0.4, 0.5) is 0 Å². The molecule has 1 aromatic heterocycles. The Kier molecular flexibility index (Phi) is 3.40. The first-order valence-electron chi connectivity index (χ1n) is 5.40. The Morgan fingerprint density at radius 3 is 3.27 bits per heavy atom. The van der Waals surface area contributed by atoms with Gasteiger partial charge in [-0.1, -0.05) is 0 Å². The van der Waals surface area contributed by atoms with Crippen LogP contribution in [0.1, 0.15) is 29.6 Å². The minimum atomic E-state index is -0.0539. The molecule has 4 nitrogen and oxygen atoms in total. The van der Waals surface area contributed by atoms with Gasteiger partial charge in [0, 0.05) is 12.6 Å². The van der Waals surface area contributed by atoms with Gasteiger partial charge >= 0.3 is 0 Å². The molecule has 0 unspecified atom stereocenters. The number of hydrogen-bond donors (Lipinski definition) is 2. The molecule has 4 heteroatoms. The van der Waals surface area contributed by atoms with Gasteiger partial charge in [0.25, 0.3) is 5.91 Å². The van der Waals surface area contributed by atoms with Gasteiger partial charge in [0.2, 0.25) is 0 Å². The van der Waals surface area contributed by atoms with E-state index in [1.54, 1.807) is 6.07 Å².